The summed E-state index contributed by atoms with van der Waals surface area (Å²) in [5.41, 5.74) is 0. The highest BCUT2D eigenvalue weighted by Gasteiger charge is 2.35. The molecule has 0 aromatic rings. The van der Waals surface area contributed by atoms with Crippen LogP contribution in [0.15, 0.2) is 0 Å². The van der Waals surface area contributed by atoms with E-state index in [0.717, 1.165) is 0 Å². The van der Waals surface area contributed by atoms with E-state index < -0.39 is 13.2 Å². The lowest BCUT2D eigenvalue weighted by Gasteiger charge is -2.30. The van der Waals surface area contributed by atoms with E-state index in [-0.39, 0.29) is 32.4 Å². The summed E-state index contributed by atoms with van der Waals surface area (Å²) >= 11 is 0. The molecule has 6 heteroatoms. The van der Waals surface area contributed by atoms with Crippen LogP contribution in [0.25, 0.3) is 0 Å². The molecule has 0 unspecified atom stereocenters. The van der Waals surface area contributed by atoms with Gasteiger partial charge in [0.1, 0.15) is 0 Å². The molecule has 1 saturated heterocycles. The average Bonchev–Trinajstić information content (AvgIpc) is 1.93. The lowest BCUT2D eigenvalue weighted by Crippen LogP contribution is -2.42. The molecule has 0 saturated carbocycles. The number of nitrogens with zero attached hydrogens (tertiary/aromatic N) is 1. The van der Waals surface area contributed by atoms with Crippen LogP contribution < -0.4 is 0 Å². The van der Waals surface area contributed by atoms with Crippen molar-refractivity contribution < 1.29 is 17.4 Å². The molecule has 0 atom stereocenters. The van der Waals surface area contributed by atoms with Crippen LogP contribution >= 0.6 is 0 Å². The number of hydrogen-bond donors (Lipinski definition) is 0. The van der Waals surface area contributed by atoms with Gasteiger partial charge >= 0.3 is 7.27 Å². The Balaban J connectivity index is 2.27. The average molecular weight is 183 g/mol. The van der Waals surface area contributed by atoms with Crippen LogP contribution in [0.1, 0.15) is 12.8 Å². The summed E-state index contributed by atoms with van der Waals surface area (Å²) in [6, 6.07) is 0. The number of halogens is 4. The lowest BCUT2D eigenvalue weighted by molar-refractivity contribution is -0.0526. The second-order valence-corrected chi connectivity index (χ2v) is 3.05. The number of rotatable bonds is 2. The van der Waals surface area contributed by atoms with Gasteiger partial charge in [-0.1, -0.05) is 0 Å². The van der Waals surface area contributed by atoms with Gasteiger partial charge in [0.2, 0.25) is 0 Å². The largest absolute Gasteiger partial charge is 0.551 e. The number of likely N-dealkylation sites (tertiary alicyclic amines) is 1. The smallest absolute Gasteiger partial charge is 0.304 e. The van der Waals surface area contributed by atoms with E-state index in [1.807, 2.05) is 0 Å². The van der Waals surface area contributed by atoms with Crippen molar-refractivity contribution in [2.75, 3.05) is 19.5 Å². The van der Waals surface area contributed by atoms with Crippen LogP contribution in [0.5, 0.6) is 0 Å². The third-order valence-corrected chi connectivity index (χ3v) is 1.98. The van der Waals surface area contributed by atoms with E-state index in [0.29, 0.717) is 0 Å². The SMILES string of the molecule is FB(F)CN1CCC(F)(F)CC1. The van der Waals surface area contributed by atoms with Gasteiger partial charge in [-0.2, -0.15) is 0 Å². The second-order valence-electron chi connectivity index (χ2n) is 3.05. The fraction of sp³-hybridized carbons (Fsp3) is 1.00. The maximum Gasteiger partial charge on any atom is 0.551 e. The van der Waals surface area contributed by atoms with Gasteiger partial charge in [-0.05, 0) is 0 Å². The molecule has 0 amide bonds. The monoisotopic (exact) mass is 183 g/mol. The van der Waals surface area contributed by atoms with Crippen molar-refractivity contribution in [3.63, 3.8) is 0 Å². The minimum absolute atomic E-state index is 0.0807. The zero-order chi connectivity index (χ0) is 9.19. The Kier molecular flexibility index (Phi) is 2.98. The van der Waals surface area contributed by atoms with Gasteiger partial charge in [-0.15, -0.1) is 0 Å². The van der Waals surface area contributed by atoms with E-state index in [4.69, 9.17) is 0 Å². The summed E-state index contributed by atoms with van der Waals surface area (Å²) in [5, 5.41) is 0. The predicted molar refractivity (Wildman–Crippen MR) is 38.6 cm³/mol. The first-order valence-electron chi connectivity index (χ1n) is 3.88. The van der Waals surface area contributed by atoms with Crippen molar-refractivity contribution in [2.45, 2.75) is 18.8 Å². The molecule has 70 valence electrons. The number of alkyl halides is 2. The molecule has 1 heterocycles. The second kappa shape index (κ2) is 3.64. The Morgan fingerprint density at radius 2 is 1.67 bits per heavy atom. The molecule has 1 nitrogen and oxygen atoms in total. The van der Waals surface area contributed by atoms with Crippen LogP contribution in [0.3, 0.4) is 0 Å². The minimum atomic E-state index is -2.64. The van der Waals surface area contributed by atoms with Crippen LogP contribution in [0.2, 0.25) is 0 Å². The summed E-state index contributed by atoms with van der Waals surface area (Å²) in [7, 11) is -2.42. The summed E-state index contributed by atoms with van der Waals surface area (Å²) in [5.74, 6) is -2.64. The van der Waals surface area contributed by atoms with Crippen LogP contribution in [0, 0.1) is 0 Å². The zero-order valence-electron chi connectivity index (χ0n) is 6.57. The standard InChI is InChI=1S/C6H10BF4N/c8-6(9)1-3-12(4-2-6)5-7(10)11/h1-5H2. The molecular weight excluding hydrogens is 173 g/mol. The number of piperidine rings is 1. The molecule has 0 aromatic carbocycles. The van der Waals surface area contributed by atoms with Gasteiger partial charge in [0.05, 0.1) is 0 Å². The topological polar surface area (TPSA) is 3.24 Å². The zero-order valence-corrected chi connectivity index (χ0v) is 6.57. The molecule has 0 bridgehead atoms. The summed E-state index contributed by atoms with van der Waals surface area (Å²) in [4.78, 5) is 1.38. The minimum Gasteiger partial charge on any atom is -0.304 e. The molecule has 0 aromatic heterocycles. The van der Waals surface area contributed by atoms with E-state index >= 15 is 0 Å². The Morgan fingerprint density at radius 1 is 1.17 bits per heavy atom. The van der Waals surface area contributed by atoms with Crippen LogP contribution in [-0.2, 0) is 0 Å². The molecule has 0 spiro atoms. The van der Waals surface area contributed by atoms with Gasteiger partial charge in [0.25, 0.3) is 5.92 Å². The molecule has 12 heavy (non-hydrogen) atoms. The van der Waals surface area contributed by atoms with Gasteiger partial charge in [0, 0.05) is 32.4 Å². The van der Waals surface area contributed by atoms with Crippen molar-refractivity contribution >= 4 is 7.27 Å². The summed E-state index contributed by atoms with van der Waals surface area (Å²) in [6.45, 7) is 0.161. The fourth-order valence-corrected chi connectivity index (χ4v) is 1.26. The summed E-state index contributed by atoms with van der Waals surface area (Å²) < 4.78 is 48.6. The maximum atomic E-state index is 12.5. The van der Waals surface area contributed by atoms with E-state index in [1.54, 1.807) is 0 Å². The first-order valence-corrected chi connectivity index (χ1v) is 3.88. The fourth-order valence-electron chi connectivity index (χ4n) is 1.26. The lowest BCUT2D eigenvalue weighted by atomic mass is 9.96. The van der Waals surface area contributed by atoms with E-state index in [2.05, 4.69) is 0 Å². The van der Waals surface area contributed by atoms with Gasteiger partial charge in [0.15, 0.2) is 0 Å². The highest BCUT2D eigenvalue weighted by atomic mass is 19.3. The quantitative estimate of drug-likeness (QED) is 0.465. The van der Waals surface area contributed by atoms with Gasteiger partial charge in [-0.25, -0.2) is 8.78 Å². The summed E-state index contributed by atoms with van der Waals surface area (Å²) in [6.07, 6.45) is -0.963. The maximum absolute atomic E-state index is 12.5. The highest BCUT2D eigenvalue weighted by molar-refractivity contribution is 6.42. The molecule has 0 radical (unpaired) electrons. The van der Waals surface area contributed by atoms with Crippen molar-refractivity contribution in [3.05, 3.63) is 0 Å². The van der Waals surface area contributed by atoms with Crippen molar-refractivity contribution in [2.24, 2.45) is 0 Å². The predicted octanol–water partition coefficient (Wildman–Crippen LogP) is 1.68. The third-order valence-electron chi connectivity index (χ3n) is 1.98. The molecule has 1 aliphatic heterocycles. The molecule has 1 rings (SSSR count). The highest BCUT2D eigenvalue weighted by Crippen LogP contribution is 2.27. The molecular formula is C6H10BF4N. The van der Waals surface area contributed by atoms with Crippen molar-refractivity contribution in [3.8, 4) is 0 Å². The molecule has 1 fully saturated rings. The van der Waals surface area contributed by atoms with Crippen molar-refractivity contribution in [1.82, 2.24) is 4.90 Å². The molecule has 1 aliphatic rings. The Hall–Kier alpha value is -0.255. The molecule has 0 N–H and O–H groups in total. The van der Waals surface area contributed by atoms with Gasteiger partial charge in [-0.3, -0.25) is 8.63 Å². The van der Waals surface area contributed by atoms with E-state index in [9.17, 15) is 17.4 Å². The first-order chi connectivity index (χ1) is 5.49. The van der Waals surface area contributed by atoms with Crippen LogP contribution in [-0.4, -0.2) is 37.6 Å². The number of hydrogen-bond acceptors (Lipinski definition) is 1. The first kappa shape index (κ1) is 9.83. The van der Waals surface area contributed by atoms with E-state index in [1.165, 1.54) is 4.90 Å². The third kappa shape index (κ3) is 3.01. The van der Waals surface area contributed by atoms with Crippen molar-refractivity contribution in [1.29, 1.82) is 0 Å². The normalized spacial score (nSPS) is 24.0. The Bertz CT molecular complexity index is 142. The Labute approximate surface area is 68.9 Å². The molecule has 0 aliphatic carbocycles. The van der Waals surface area contributed by atoms with Crippen LogP contribution in [0.4, 0.5) is 17.4 Å². The Morgan fingerprint density at radius 3 is 2.08 bits per heavy atom. The van der Waals surface area contributed by atoms with Gasteiger partial charge < -0.3 is 4.90 Å².